The Bertz CT molecular complexity index is 2240. The summed E-state index contributed by atoms with van der Waals surface area (Å²) >= 11 is 6.49. The predicted octanol–water partition coefficient (Wildman–Crippen LogP) is 5.21. The number of nitrogens with one attached hydrogen (secondary N) is 1. The minimum absolute atomic E-state index is 0.0496. The number of ether oxygens (including phenoxy) is 4. The number of hydrogen-bond donors (Lipinski definition) is 2. The van der Waals surface area contributed by atoms with E-state index in [2.05, 4.69) is 36.1 Å². The summed E-state index contributed by atoms with van der Waals surface area (Å²) in [6.07, 6.45) is 8.55. The number of anilines is 1. The molecule has 2 bridgehead atoms. The number of amides is 2. The van der Waals surface area contributed by atoms with Crippen molar-refractivity contribution in [2.75, 3.05) is 71.2 Å². The van der Waals surface area contributed by atoms with Gasteiger partial charge in [-0.1, -0.05) is 36.7 Å². The molecule has 2 fully saturated rings. The van der Waals surface area contributed by atoms with Gasteiger partial charge >= 0.3 is 0 Å². The van der Waals surface area contributed by atoms with Gasteiger partial charge in [0.15, 0.2) is 0 Å². The van der Waals surface area contributed by atoms with Crippen molar-refractivity contribution in [1.82, 2.24) is 19.4 Å². The first kappa shape index (κ1) is 42.7. The molecule has 324 valence electrons. The molecule has 1 aromatic heterocycles. The number of benzene rings is 2. The maximum absolute atomic E-state index is 15.2. The van der Waals surface area contributed by atoms with Gasteiger partial charge in [0, 0.05) is 75.0 Å². The van der Waals surface area contributed by atoms with E-state index in [0.29, 0.717) is 50.2 Å². The van der Waals surface area contributed by atoms with Crippen LogP contribution in [0.25, 0.3) is 0 Å². The average Bonchev–Trinajstić information content (AvgIpc) is 3.54. The van der Waals surface area contributed by atoms with Crippen LogP contribution in [0.3, 0.4) is 0 Å². The van der Waals surface area contributed by atoms with Gasteiger partial charge in [-0.3, -0.25) is 23.9 Å². The van der Waals surface area contributed by atoms with Crippen molar-refractivity contribution in [1.29, 1.82) is 0 Å². The van der Waals surface area contributed by atoms with Crippen LogP contribution >= 0.6 is 11.6 Å². The lowest BCUT2D eigenvalue weighted by atomic mass is 9.68. The fourth-order valence-electron chi connectivity index (χ4n) is 9.54. The number of aryl methyl sites for hydroxylation is 2. The van der Waals surface area contributed by atoms with E-state index >= 15 is 4.21 Å². The largest absolute Gasteiger partial charge is 0.490 e. The number of methoxy groups -OCH3 is 1. The molecule has 3 aromatic rings. The maximum atomic E-state index is 15.2. The third-order valence-electron chi connectivity index (χ3n) is 13.4. The van der Waals surface area contributed by atoms with Crippen LogP contribution in [0.2, 0.25) is 5.02 Å². The van der Waals surface area contributed by atoms with Gasteiger partial charge in [-0.25, -0.2) is 4.21 Å². The summed E-state index contributed by atoms with van der Waals surface area (Å²) < 4.78 is 47.8. The summed E-state index contributed by atoms with van der Waals surface area (Å²) in [4.78, 5) is 33.1. The van der Waals surface area contributed by atoms with Gasteiger partial charge in [-0.15, -0.1) is 9.46 Å². The third kappa shape index (κ3) is 8.71. The molecule has 4 heterocycles. The molecule has 1 saturated carbocycles. The highest BCUT2D eigenvalue weighted by Crippen LogP contribution is 2.47. The highest BCUT2D eigenvalue weighted by atomic mass is 35.5. The summed E-state index contributed by atoms with van der Waals surface area (Å²) in [6, 6.07) is 11.4. The number of aliphatic hydroxyl groups excluding tert-OH is 1. The van der Waals surface area contributed by atoms with Crippen molar-refractivity contribution in [3.8, 4) is 11.6 Å². The first-order valence-corrected chi connectivity index (χ1v) is 23.1. The number of hydrogen-bond acceptors (Lipinski definition) is 11. The third-order valence-corrected chi connectivity index (χ3v) is 16.0. The molecule has 16 heteroatoms. The van der Waals surface area contributed by atoms with Crippen molar-refractivity contribution in [3.05, 3.63) is 82.0 Å². The van der Waals surface area contributed by atoms with Crippen LogP contribution in [-0.2, 0) is 38.3 Å². The highest BCUT2D eigenvalue weighted by Gasteiger charge is 2.45. The Morgan fingerprint density at radius 1 is 1.13 bits per heavy atom. The standard InChI is InChI=1S/C44H57ClN6O8S/c1-28-29(2)60(55,48-42(54)35-25-49(3)46-43(35)58-21-18-50-16-19-57-20-17-50)47-41(53)31-8-13-40-37(23-31)51(24-32-7-10-34(32)39(56-4)14-12-38(28)52)26-44(27-59-40)15-5-6-30-22-33(45)9-11-36(30)44/h8-9,11-14,22-23,25,28-29,32,34,38-39,52H,5-7,10,15-21,24,26-27H2,1-4H3,(H,47,48,53,54,55)/b14-12+/t28-,29-,32+,34-,38+,39+,44+,60?/m1/s1. The Hall–Kier alpha value is -3.99. The Morgan fingerprint density at radius 3 is 2.72 bits per heavy atom. The summed E-state index contributed by atoms with van der Waals surface area (Å²) in [6.45, 7) is 8.90. The van der Waals surface area contributed by atoms with Crippen LogP contribution in [0, 0.1) is 17.8 Å². The zero-order valence-corrected chi connectivity index (χ0v) is 36.5. The topological polar surface area (TPSA) is 157 Å². The van der Waals surface area contributed by atoms with E-state index in [1.165, 1.54) is 22.0 Å². The quantitative estimate of drug-likeness (QED) is 0.301. The lowest BCUT2D eigenvalue weighted by molar-refractivity contribution is 0.0124. The van der Waals surface area contributed by atoms with Crippen LogP contribution in [0.4, 0.5) is 5.69 Å². The van der Waals surface area contributed by atoms with Crippen molar-refractivity contribution < 1.29 is 37.9 Å². The highest BCUT2D eigenvalue weighted by molar-refractivity contribution is 7.93. The molecular weight excluding hydrogens is 808 g/mol. The fourth-order valence-corrected chi connectivity index (χ4v) is 11.6. The number of halogens is 1. The second-order valence-electron chi connectivity index (χ2n) is 17.1. The molecule has 60 heavy (non-hydrogen) atoms. The number of aromatic nitrogens is 2. The second kappa shape index (κ2) is 17.8. The Kier molecular flexibility index (Phi) is 12.6. The molecule has 1 saturated heterocycles. The van der Waals surface area contributed by atoms with E-state index in [1.54, 1.807) is 52.3 Å². The lowest BCUT2D eigenvalue weighted by Gasteiger charge is -2.46. The van der Waals surface area contributed by atoms with Gasteiger partial charge in [-0.2, -0.15) is 0 Å². The SMILES string of the molecule is CO[C@H]1/C=C/[C@H](O)[C@H](C)[C@@H](C)S(=O)(NC(=O)c2cn(C)nc2OCCN2CCOCC2)=NC(=O)c2ccc3c(c2)N(C[C@@H]2CC[C@H]21)C[C@@]1(CCCc2cc(Cl)ccc21)CO3. The minimum Gasteiger partial charge on any atom is -0.490 e. The Labute approximate surface area is 357 Å². The van der Waals surface area contributed by atoms with Crippen molar-refractivity contribution in [3.63, 3.8) is 0 Å². The summed E-state index contributed by atoms with van der Waals surface area (Å²) in [5.41, 5.74) is 3.16. The number of morpholine rings is 1. The van der Waals surface area contributed by atoms with Gasteiger partial charge < -0.3 is 29.0 Å². The summed E-state index contributed by atoms with van der Waals surface area (Å²) in [5.74, 6) is -1.04. The molecule has 2 N–H and O–H groups in total. The zero-order chi connectivity index (χ0) is 42.2. The smallest absolute Gasteiger partial charge is 0.286 e. The van der Waals surface area contributed by atoms with Crippen molar-refractivity contribution >= 4 is 39.0 Å². The molecule has 5 aliphatic rings. The van der Waals surface area contributed by atoms with Crippen molar-refractivity contribution in [2.24, 2.45) is 29.2 Å². The predicted molar refractivity (Wildman–Crippen MR) is 229 cm³/mol. The van der Waals surface area contributed by atoms with Gasteiger partial charge in [0.2, 0.25) is 5.88 Å². The van der Waals surface area contributed by atoms with E-state index in [-0.39, 0.29) is 47.0 Å². The Balaban J connectivity index is 1.16. The number of nitrogens with zero attached hydrogens (tertiary/aromatic N) is 5. The monoisotopic (exact) mass is 864 g/mol. The molecule has 2 aliphatic carbocycles. The van der Waals surface area contributed by atoms with Gasteiger partial charge in [0.1, 0.15) is 27.8 Å². The van der Waals surface area contributed by atoms with Gasteiger partial charge in [0.05, 0.1) is 43.0 Å². The van der Waals surface area contributed by atoms with Crippen LogP contribution in [0.15, 0.2) is 59.1 Å². The molecule has 3 aliphatic heterocycles. The number of carbonyl (C=O) groups is 2. The molecule has 1 spiro atoms. The zero-order valence-electron chi connectivity index (χ0n) is 34.9. The molecule has 14 nitrogen and oxygen atoms in total. The average molecular weight is 865 g/mol. The first-order valence-electron chi connectivity index (χ1n) is 21.2. The number of fused-ring (bicyclic) bond motifs is 4. The van der Waals surface area contributed by atoms with Gasteiger partial charge in [-0.05, 0) is 92.3 Å². The molecule has 2 aromatic carbocycles. The fraction of sp³-hybridized carbons (Fsp3) is 0.568. The van der Waals surface area contributed by atoms with Crippen LogP contribution in [0.5, 0.6) is 11.6 Å². The van der Waals surface area contributed by atoms with Crippen LogP contribution in [-0.4, -0.2) is 120 Å². The van der Waals surface area contributed by atoms with E-state index < -0.39 is 39.0 Å². The van der Waals surface area contributed by atoms with Gasteiger partial charge in [0.25, 0.3) is 11.8 Å². The second-order valence-corrected chi connectivity index (χ2v) is 19.9. The molecule has 0 radical (unpaired) electrons. The first-order chi connectivity index (χ1) is 28.9. The molecule has 8 atom stereocenters. The number of rotatable bonds is 7. The molecular formula is C44H57ClN6O8S. The van der Waals surface area contributed by atoms with Crippen LogP contribution in [0.1, 0.15) is 71.4 Å². The Morgan fingerprint density at radius 2 is 1.95 bits per heavy atom. The van der Waals surface area contributed by atoms with Crippen LogP contribution < -0.4 is 19.1 Å². The van der Waals surface area contributed by atoms with E-state index in [1.807, 2.05) is 12.1 Å². The van der Waals surface area contributed by atoms with E-state index in [9.17, 15) is 14.7 Å². The summed E-state index contributed by atoms with van der Waals surface area (Å²) in [7, 11) is -0.568. The summed E-state index contributed by atoms with van der Waals surface area (Å²) in [5, 5.41) is 15.6. The lowest BCUT2D eigenvalue weighted by Crippen LogP contribution is -2.49. The number of carbonyl (C=O) groups excluding carboxylic acids is 2. The molecule has 1 unspecified atom stereocenters. The minimum atomic E-state index is -3.92. The van der Waals surface area contributed by atoms with E-state index in [0.717, 1.165) is 50.9 Å². The normalized spacial score (nSPS) is 31.4. The molecule has 8 rings (SSSR count). The van der Waals surface area contributed by atoms with E-state index in [4.69, 9.17) is 30.5 Å². The number of aliphatic hydroxyl groups is 1. The molecule has 2 amide bonds. The maximum Gasteiger partial charge on any atom is 0.286 e. The van der Waals surface area contributed by atoms with Crippen molar-refractivity contribution in [2.45, 2.75) is 68.8 Å².